The summed E-state index contributed by atoms with van der Waals surface area (Å²) in [5, 5.41) is 2.82. The molecule has 0 radical (unpaired) electrons. The number of nitrogens with one attached hydrogen (secondary N) is 1. The zero-order chi connectivity index (χ0) is 18.5. The summed E-state index contributed by atoms with van der Waals surface area (Å²) in [5.74, 6) is 0.00671. The van der Waals surface area contributed by atoms with Gasteiger partial charge in [0.25, 0.3) is 0 Å². The van der Waals surface area contributed by atoms with Gasteiger partial charge in [0.2, 0.25) is 11.8 Å². The largest absolute Gasteiger partial charge is 0.366 e. The Labute approximate surface area is 152 Å². The molecule has 26 heavy (non-hydrogen) atoms. The summed E-state index contributed by atoms with van der Waals surface area (Å²) >= 11 is 0. The maximum atomic E-state index is 12.9. The second-order valence-electron chi connectivity index (χ2n) is 6.97. The van der Waals surface area contributed by atoms with E-state index in [4.69, 9.17) is 5.73 Å². The Morgan fingerprint density at radius 2 is 1.73 bits per heavy atom. The average molecular weight is 354 g/mol. The van der Waals surface area contributed by atoms with Crippen molar-refractivity contribution in [3.8, 4) is 0 Å². The molecule has 4 nitrogen and oxygen atoms in total. The predicted octanol–water partition coefficient (Wildman–Crippen LogP) is 4.23. The molecule has 0 unspecified atom stereocenters. The van der Waals surface area contributed by atoms with Gasteiger partial charge in [0.1, 0.15) is 5.82 Å². The van der Waals surface area contributed by atoms with E-state index in [1.165, 1.54) is 12.1 Å². The molecule has 1 saturated carbocycles. The quantitative estimate of drug-likeness (QED) is 0.843. The molecule has 5 heteroatoms. The lowest BCUT2D eigenvalue weighted by molar-refractivity contribution is -0.117. The highest BCUT2D eigenvalue weighted by Gasteiger charge is 2.24. The van der Waals surface area contributed by atoms with Gasteiger partial charge in [-0.2, -0.15) is 0 Å². The Morgan fingerprint density at radius 1 is 1.04 bits per heavy atom. The molecule has 3 N–H and O–H groups in total. The summed E-state index contributed by atoms with van der Waals surface area (Å²) in [6.45, 7) is 0. The number of primary amides is 1. The van der Waals surface area contributed by atoms with Gasteiger partial charge in [0, 0.05) is 17.7 Å². The molecule has 0 atom stereocenters. The van der Waals surface area contributed by atoms with Crippen molar-refractivity contribution in [2.75, 3.05) is 5.32 Å². The number of carbonyl (C=O) groups is 2. The summed E-state index contributed by atoms with van der Waals surface area (Å²) in [4.78, 5) is 23.5. The first-order valence-corrected chi connectivity index (χ1v) is 8.96. The van der Waals surface area contributed by atoms with E-state index in [0.717, 1.165) is 31.2 Å². The summed E-state index contributed by atoms with van der Waals surface area (Å²) in [6, 6.07) is 13.3. The summed E-state index contributed by atoms with van der Waals surface area (Å²) < 4.78 is 12.9. The maximum absolute atomic E-state index is 12.9. The van der Waals surface area contributed by atoms with E-state index >= 15 is 0 Å². The number of hydrogen-bond donors (Lipinski definition) is 2. The van der Waals surface area contributed by atoms with E-state index in [9.17, 15) is 14.0 Å². The van der Waals surface area contributed by atoms with Crippen LogP contribution in [0.5, 0.6) is 0 Å². The number of halogens is 1. The SMILES string of the molecule is NC(=O)c1cccc([C@H]2CC[C@@H](CC(=O)Nc3ccc(F)cc3)CC2)c1. The van der Waals surface area contributed by atoms with Crippen LogP contribution >= 0.6 is 0 Å². The van der Waals surface area contributed by atoms with Crippen LogP contribution in [0.3, 0.4) is 0 Å². The zero-order valence-corrected chi connectivity index (χ0v) is 14.6. The summed E-state index contributed by atoms with van der Waals surface area (Å²) in [6.07, 6.45) is 4.42. The molecule has 0 saturated heterocycles. The molecule has 3 rings (SSSR count). The number of nitrogens with two attached hydrogens (primary N) is 1. The van der Waals surface area contributed by atoms with Crippen LogP contribution in [0.1, 0.15) is 53.9 Å². The molecule has 2 aromatic carbocycles. The monoisotopic (exact) mass is 354 g/mol. The van der Waals surface area contributed by atoms with Crippen LogP contribution in [0.2, 0.25) is 0 Å². The fourth-order valence-corrected chi connectivity index (χ4v) is 3.65. The summed E-state index contributed by atoms with van der Waals surface area (Å²) in [7, 11) is 0. The number of rotatable bonds is 5. The number of amides is 2. The second-order valence-corrected chi connectivity index (χ2v) is 6.97. The Kier molecular flexibility index (Phi) is 5.66. The first-order chi connectivity index (χ1) is 12.5. The Bertz CT molecular complexity index is 781. The van der Waals surface area contributed by atoms with Gasteiger partial charge in [-0.3, -0.25) is 9.59 Å². The third-order valence-electron chi connectivity index (χ3n) is 5.09. The van der Waals surface area contributed by atoms with E-state index in [2.05, 4.69) is 5.32 Å². The van der Waals surface area contributed by atoms with E-state index in [1.54, 1.807) is 18.2 Å². The number of benzene rings is 2. The molecule has 0 aromatic heterocycles. The molecule has 2 aromatic rings. The van der Waals surface area contributed by atoms with Gasteiger partial charge in [-0.15, -0.1) is 0 Å². The van der Waals surface area contributed by atoms with Gasteiger partial charge >= 0.3 is 0 Å². The predicted molar refractivity (Wildman–Crippen MR) is 99.3 cm³/mol. The fraction of sp³-hybridized carbons (Fsp3) is 0.333. The average Bonchev–Trinajstić information content (AvgIpc) is 2.64. The van der Waals surface area contributed by atoms with Crippen LogP contribution in [0.25, 0.3) is 0 Å². The normalized spacial score (nSPS) is 19.7. The third kappa shape index (κ3) is 4.69. The highest BCUT2D eigenvalue weighted by atomic mass is 19.1. The van der Waals surface area contributed by atoms with E-state index < -0.39 is 5.91 Å². The number of hydrogen-bond acceptors (Lipinski definition) is 2. The van der Waals surface area contributed by atoms with E-state index in [0.29, 0.717) is 29.5 Å². The first kappa shape index (κ1) is 18.1. The molecule has 0 heterocycles. The van der Waals surface area contributed by atoms with Gasteiger partial charge < -0.3 is 11.1 Å². The smallest absolute Gasteiger partial charge is 0.248 e. The van der Waals surface area contributed by atoms with Gasteiger partial charge in [0.05, 0.1) is 0 Å². The van der Waals surface area contributed by atoms with Crippen LogP contribution < -0.4 is 11.1 Å². The topological polar surface area (TPSA) is 72.2 Å². The molecule has 1 aliphatic carbocycles. The van der Waals surface area contributed by atoms with Crippen LogP contribution in [-0.2, 0) is 4.79 Å². The van der Waals surface area contributed by atoms with Crippen molar-refractivity contribution in [3.05, 3.63) is 65.5 Å². The third-order valence-corrected chi connectivity index (χ3v) is 5.09. The number of anilines is 1. The standard InChI is InChI=1S/C21H23FN2O2/c22-18-8-10-19(11-9-18)24-20(25)12-14-4-6-15(7-5-14)16-2-1-3-17(13-16)21(23)26/h1-3,8-11,13-15H,4-7,12H2,(H2,23,26)(H,24,25)/t14-,15+. The van der Waals surface area contributed by atoms with Gasteiger partial charge in [-0.25, -0.2) is 4.39 Å². The van der Waals surface area contributed by atoms with Crippen LogP contribution in [0.15, 0.2) is 48.5 Å². The van der Waals surface area contributed by atoms with Crippen molar-refractivity contribution in [2.45, 2.75) is 38.0 Å². The minimum absolute atomic E-state index is 0.0317. The molecule has 0 spiro atoms. The molecule has 1 aliphatic rings. The lowest BCUT2D eigenvalue weighted by Gasteiger charge is -2.28. The zero-order valence-electron chi connectivity index (χ0n) is 14.6. The Morgan fingerprint density at radius 3 is 2.38 bits per heavy atom. The van der Waals surface area contributed by atoms with E-state index in [1.807, 2.05) is 18.2 Å². The number of carbonyl (C=O) groups excluding carboxylic acids is 2. The second kappa shape index (κ2) is 8.13. The minimum Gasteiger partial charge on any atom is -0.366 e. The highest BCUT2D eigenvalue weighted by molar-refractivity contribution is 5.93. The van der Waals surface area contributed by atoms with Crippen molar-refractivity contribution in [1.29, 1.82) is 0 Å². The van der Waals surface area contributed by atoms with Gasteiger partial charge in [-0.1, -0.05) is 12.1 Å². The van der Waals surface area contributed by atoms with Crippen molar-refractivity contribution < 1.29 is 14.0 Å². The molecular formula is C21H23FN2O2. The lowest BCUT2D eigenvalue weighted by atomic mass is 9.77. The highest BCUT2D eigenvalue weighted by Crippen LogP contribution is 2.37. The van der Waals surface area contributed by atoms with Crippen LogP contribution in [-0.4, -0.2) is 11.8 Å². The first-order valence-electron chi connectivity index (χ1n) is 8.96. The maximum Gasteiger partial charge on any atom is 0.248 e. The van der Waals surface area contributed by atoms with Crippen molar-refractivity contribution in [2.24, 2.45) is 11.7 Å². The van der Waals surface area contributed by atoms with Gasteiger partial charge in [-0.05, 0) is 79.5 Å². The summed E-state index contributed by atoms with van der Waals surface area (Å²) in [5.41, 5.74) is 7.67. The van der Waals surface area contributed by atoms with Crippen LogP contribution in [0.4, 0.5) is 10.1 Å². The minimum atomic E-state index is -0.405. The molecule has 136 valence electrons. The molecule has 0 aliphatic heterocycles. The van der Waals surface area contributed by atoms with Gasteiger partial charge in [0.15, 0.2) is 0 Å². The lowest BCUT2D eigenvalue weighted by Crippen LogP contribution is -2.20. The van der Waals surface area contributed by atoms with Crippen LogP contribution in [0, 0.1) is 11.7 Å². The van der Waals surface area contributed by atoms with E-state index in [-0.39, 0.29) is 11.7 Å². The van der Waals surface area contributed by atoms with Crippen molar-refractivity contribution in [1.82, 2.24) is 0 Å². The molecule has 2 amide bonds. The fourth-order valence-electron chi connectivity index (χ4n) is 3.65. The Balaban J connectivity index is 1.50. The van der Waals surface area contributed by atoms with Crippen molar-refractivity contribution in [3.63, 3.8) is 0 Å². The molecule has 1 fully saturated rings. The molecule has 0 bridgehead atoms. The Hall–Kier alpha value is -2.69. The van der Waals surface area contributed by atoms with Crippen molar-refractivity contribution >= 4 is 17.5 Å². The molecular weight excluding hydrogens is 331 g/mol.